The summed E-state index contributed by atoms with van der Waals surface area (Å²) in [6, 6.07) is 16.5. The van der Waals surface area contributed by atoms with Gasteiger partial charge in [0.05, 0.1) is 0 Å². The van der Waals surface area contributed by atoms with Crippen LogP contribution in [0.5, 0.6) is 0 Å². The maximum atomic E-state index is 12.2. The predicted octanol–water partition coefficient (Wildman–Crippen LogP) is 2.13. The molecule has 0 bridgehead atoms. The molecule has 0 aliphatic heterocycles. The lowest BCUT2D eigenvalue weighted by atomic mass is 10.2. The summed E-state index contributed by atoms with van der Waals surface area (Å²) in [6.07, 6.45) is 1.80. The molecule has 0 aliphatic carbocycles. The zero-order valence-corrected chi connectivity index (χ0v) is 15.4. The van der Waals surface area contributed by atoms with E-state index in [2.05, 4.69) is 25.9 Å². The van der Waals surface area contributed by atoms with Crippen LogP contribution >= 0.6 is 0 Å². The SMILES string of the molecule is O=C(NCCNC(=O)c1cc2ccccc2[nH]1)C(=O)Nc1ccc2[nH]ccc2c1. The van der Waals surface area contributed by atoms with Gasteiger partial charge in [-0.25, -0.2) is 0 Å². The smallest absolute Gasteiger partial charge is 0.313 e. The summed E-state index contributed by atoms with van der Waals surface area (Å²) >= 11 is 0. The third-order valence-corrected chi connectivity index (χ3v) is 4.49. The second-order valence-electron chi connectivity index (χ2n) is 6.52. The molecule has 0 radical (unpaired) electrons. The molecule has 0 saturated carbocycles. The van der Waals surface area contributed by atoms with Crippen molar-refractivity contribution in [3.8, 4) is 0 Å². The zero-order chi connectivity index (χ0) is 20.2. The standard InChI is InChI=1S/C21H19N5O3/c27-19(18-12-13-3-1-2-4-17(13)26-18)23-9-10-24-20(28)21(29)25-15-5-6-16-14(11-15)7-8-22-16/h1-8,11-12,22,26H,9-10H2,(H,23,27)(H,24,28)(H,25,29). The van der Waals surface area contributed by atoms with Crippen molar-refractivity contribution in [3.63, 3.8) is 0 Å². The lowest BCUT2D eigenvalue weighted by Crippen LogP contribution is -2.40. The zero-order valence-electron chi connectivity index (χ0n) is 15.4. The quantitative estimate of drug-likeness (QED) is 0.266. The normalized spacial score (nSPS) is 10.8. The molecule has 4 rings (SSSR count). The average Bonchev–Trinajstić information content (AvgIpc) is 3.37. The lowest BCUT2D eigenvalue weighted by molar-refractivity contribution is -0.136. The second-order valence-corrected chi connectivity index (χ2v) is 6.52. The van der Waals surface area contributed by atoms with Gasteiger partial charge in [-0.2, -0.15) is 0 Å². The van der Waals surface area contributed by atoms with Crippen molar-refractivity contribution >= 4 is 45.2 Å². The summed E-state index contributed by atoms with van der Waals surface area (Å²) < 4.78 is 0. The Bertz CT molecular complexity index is 1170. The Hall–Kier alpha value is -4.07. The van der Waals surface area contributed by atoms with Crippen LogP contribution in [-0.2, 0) is 9.59 Å². The van der Waals surface area contributed by atoms with Gasteiger partial charge in [0.2, 0.25) is 0 Å². The van der Waals surface area contributed by atoms with Crippen molar-refractivity contribution < 1.29 is 14.4 Å². The molecule has 8 nitrogen and oxygen atoms in total. The van der Waals surface area contributed by atoms with E-state index in [1.54, 1.807) is 24.4 Å². The third-order valence-electron chi connectivity index (χ3n) is 4.49. The molecule has 0 fully saturated rings. The monoisotopic (exact) mass is 389 g/mol. The van der Waals surface area contributed by atoms with E-state index < -0.39 is 11.8 Å². The number of para-hydroxylation sites is 1. The van der Waals surface area contributed by atoms with Gasteiger partial charge in [-0.1, -0.05) is 18.2 Å². The van der Waals surface area contributed by atoms with Crippen LogP contribution < -0.4 is 16.0 Å². The first-order valence-electron chi connectivity index (χ1n) is 9.12. The summed E-state index contributed by atoms with van der Waals surface area (Å²) in [5.41, 5.74) is 2.79. The number of hydrogen-bond acceptors (Lipinski definition) is 3. The number of H-pyrrole nitrogens is 2. The minimum atomic E-state index is -0.765. The number of carbonyl (C=O) groups is 3. The maximum absolute atomic E-state index is 12.2. The molecule has 5 N–H and O–H groups in total. The number of aromatic nitrogens is 2. The summed E-state index contributed by atoms with van der Waals surface area (Å²) in [4.78, 5) is 42.2. The molecule has 2 aromatic heterocycles. The Labute approximate surface area is 165 Å². The Kier molecular flexibility index (Phi) is 4.98. The highest BCUT2D eigenvalue weighted by molar-refractivity contribution is 6.39. The molecule has 0 aliphatic rings. The molecule has 29 heavy (non-hydrogen) atoms. The molecule has 2 heterocycles. The van der Waals surface area contributed by atoms with E-state index in [0.717, 1.165) is 21.8 Å². The second kappa shape index (κ2) is 7.89. The number of anilines is 1. The molecule has 0 unspecified atom stereocenters. The molecule has 146 valence electrons. The number of carbonyl (C=O) groups excluding carboxylic acids is 3. The van der Waals surface area contributed by atoms with E-state index in [1.165, 1.54) is 0 Å². The van der Waals surface area contributed by atoms with Gasteiger partial charge in [-0.3, -0.25) is 14.4 Å². The number of aromatic amines is 2. The summed E-state index contributed by atoms with van der Waals surface area (Å²) in [6.45, 7) is 0.331. The van der Waals surface area contributed by atoms with Crippen molar-refractivity contribution in [2.24, 2.45) is 0 Å². The van der Waals surface area contributed by atoms with Crippen LogP contribution in [0.2, 0.25) is 0 Å². The minimum absolute atomic E-state index is 0.134. The Morgan fingerprint density at radius 1 is 0.793 bits per heavy atom. The summed E-state index contributed by atoms with van der Waals surface area (Å²) in [5.74, 6) is -1.81. The van der Waals surface area contributed by atoms with Crippen molar-refractivity contribution in [1.29, 1.82) is 0 Å². The van der Waals surface area contributed by atoms with Crippen LogP contribution in [0.15, 0.2) is 60.8 Å². The highest BCUT2D eigenvalue weighted by Crippen LogP contribution is 2.17. The van der Waals surface area contributed by atoms with Gasteiger partial charge in [-0.05, 0) is 36.4 Å². The van der Waals surface area contributed by atoms with Gasteiger partial charge in [0.15, 0.2) is 0 Å². The molecule has 3 amide bonds. The maximum Gasteiger partial charge on any atom is 0.313 e. The van der Waals surface area contributed by atoms with Crippen LogP contribution in [0.25, 0.3) is 21.8 Å². The average molecular weight is 389 g/mol. The van der Waals surface area contributed by atoms with E-state index in [0.29, 0.717) is 11.4 Å². The number of nitrogens with one attached hydrogen (secondary N) is 5. The molecular formula is C21H19N5O3. The minimum Gasteiger partial charge on any atom is -0.361 e. The van der Waals surface area contributed by atoms with Crippen LogP contribution in [0.3, 0.4) is 0 Å². The first-order chi connectivity index (χ1) is 14.1. The third kappa shape index (κ3) is 4.11. The van der Waals surface area contributed by atoms with Crippen molar-refractivity contribution in [3.05, 3.63) is 66.5 Å². The topological polar surface area (TPSA) is 119 Å². The first kappa shape index (κ1) is 18.3. The van der Waals surface area contributed by atoms with Gasteiger partial charge < -0.3 is 25.9 Å². The summed E-state index contributed by atoms with van der Waals surface area (Å²) in [5, 5.41) is 9.62. The Balaban J connectivity index is 1.23. The number of fused-ring (bicyclic) bond motifs is 2. The van der Waals surface area contributed by atoms with E-state index in [4.69, 9.17) is 0 Å². The molecule has 2 aromatic carbocycles. The van der Waals surface area contributed by atoms with E-state index >= 15 is 0 Å². The highest BCUT2D eigenvalue weighted by atomic mass is 16.2. The molecule has 8 heteroatoms. The van der Waals surface area contributed by atoms with Crippen LogP contribution in [0.1, 0.15) is 10.5 Å². The van der Waals surface area contributed by atoms with E-state index in [-0.39, 0.29) is 19.0 Å². The van der Waals surface area contributed by atoms with Gasteiger partial charge >= 0.3 is 11.8 Å². The van der Waals surface area contributed by atoms with E-state index in [1.807, 2.05) is 36.4 Å². The number of hydrogen-bond donors (Lipinski definition) is 5. The molecule has 4 aromatic rings. The largest absolute Gasteiger partial charge is 0.361 e. The van der Waals surface area contributed by atoms with Crippen LogP contribution in [0.4, 0.5) is 5.69 Å². The van der Waals surface area contributed by atoms with Gasteiger partial charge in [0.25, 0.3) is 5.91 Å². The van der Waals surface area contributed by atoms with Gasteiger partial charge in [0, 0.05) is 46.8 Å². The Morgan fingerprint density at radius 2 is 1.59 bits per heavy atom. The molecule has 0 saturated heterocycles. The molecule has 0 spiro atoms. The van der Waals surface area contributed by atoms with Crippen LogP contribution in [-0.4, -0.2) is 40.8 Å². The molecular weight excluding hydrogens is 370 g/mol. The van der Waals surface area contributed by atoms with E-state index in [9.17, 15) is 14.4 Å². The number of rotatable bonds is 5. The fourth-order valence-corrected chi connectivity index (χ4v) is 3.04. The van der Waals surface area contributed by atoms with Crippen LogP contribution in [0, 0.1) is 0 Å². The first-order valence-corrected chi connectivity index (χ1v) is 9.12. The fraction of sp³-hybridized carbons (Fsp3) is 0.0952. The number of benzene rings is 2. The fourth-order valence-electron chi connectivity index (χ4n) is 3.04. The molecule has 0 atom stereocenters. The lowest BCUT2D eigenvalue weighted by Gasteiger charge is -2.07. The van der Waals surface area contributed by atoms with Crippen molar-refractivity contribution in [2.75, 3.05) is 18.4 Å². The van der Waals surface area contributed by atoms with Gasteiger partial charge in [-0.15, -0.1) is 0 Å². The van der Waals surface area contributed by atoms with Crippen molar-refractivity contribution in [1.82, 2.24) is 20.6 Å². The van der Waals surface area contributed by atoms with Gasteiger partial charge in [0.1, 0.15) is 5.69 Å². The number of amides is 3. The highest BCUT2D eigenvalue weighted by Gasteiger charge is 2.14. The Morgan fingerprint density at radius 3 is 2.45 bits per heavy atom. The predicted molar refractivity (Wildman–Crippen MR) is 111 cm³/mol. The van der Waals surface area contributed by atoms with Crippen molar-refractivity contribution in [2.45, 2.75) is 0 Å². The summed E-state index contributed by atoms with van der Waals surface area (Å²) in [7, 11) is 0.